The van der Waals surface area contributed by atoms with Crippen LogP contribution in [-0.4, -0.2) is 23.8 Å². The molecule has 4 heteroatoms. The number of carbonyl (C=O) groups excluding carboxylic acids is 2. The van der Waals surface area contributed by atoms with Gasteiger partial charge in [0.2, 0.25) is 5.91 Å². The monoisotopic (exact) mass is 294 g/mol. The van der Waals surface area contributed by atoms with Crippen molar-refractivity contribution in [3.63, 3.8) is 0 Å². The van der Waals surface area contributed by atoms with Crippen LogP contribution in [0.25, 0.3) is 0 Å². The van der Waals surface area contributed by atoms with E-state index in [0.717, 1.165) is 5.56 Å². The lowest BCUT2D eigenvalue weighted by atomic mass is 10.1. The minimum absolute atomic E-state index is 0.0785. The molecular formula is C17H30N2O2. The van der Waals surface area contributed by atoms with Gasteiger partial charge in [-0.1, -0.05) is 58.0 Å². The Labute approximate surface area is 129 Å². The lowest BCUT2D eigenvalue weighted by molar-refractivity contribution is -0.127. The lowest BCUT2D eigenvalue weighted by Crippen LogP contribution is -2.47. The highest BCUT2D eigenvalue weighted by atomic mass is 16.2. The smallest absolute Gasteiger partial charge is 0.237 e. The van der Waals surface area contributed by atoms with E-state index in [1.54, 1.807) is 6.92 Å². The fourth-order valence-corrected chi connectivity index (χ4v) is 1.38. The molecule has 2 atom stereocenters. The van der Waals surface area contributed by atoms with Gasteiger partial charge in [-0.05, 0) is 25.8 Å². The SMILES string of the molecule is CC.CC.CC(=O)C(C)NC(=O)C(N)Cc1ccccc1. The van der Waals surface area contributed by atoms with Crippen LogP contribution in [0.5, 0.6) is 0 Å². The van der Waals surface area contributed by atoms with Gasteiger partial charge in [0.1, 0.15) is 0 Å². The molecule has 120 valence electrons. The first kappa shape index (κ1) is 21.6. The molecule has 0 saturated carbocycles. The molecule has 0 aliphatic carbocycles. The van der Waals surface area contributed by atoms with Crippen LogP contribution in [0.2, 0.25) is 0 Å². The van der Waals surface area contributed by atoms with Crippen molar-refractivity contribution in [1.29, 1.82) is 0 Å². The molecule has 21 heavy (non-hydrogen) atoms. The number of ketones is 1. The zero-order valence-electron chi connectivity index (χ0n) is 14.1. The molecule has 0 aliphatic heterocycles. The van der Waals surface area contributed by atoms with E-state index >= 15 is 0 Å². The Bertz CT molecular complexity index is 391. The third kappa shape index (κ3) is 9.79. The summed E-state index contributed by atoms with van der Waals surface area (Å²) in [6.07, 6.45) is 0.470. The van der Waals surface area contributed by atoms with E-state index in [0.29, 0.717) is 6.42 Å². The molecular weight excluding hydrogens is 264 g/mol. The summed E-state index contributed by atoms with van der Waals surface area (Å²) in [5, 5.41) is 2.59. The molecule has 0 heterocycles. The average Bonchev–Trinajstić information content (AvgIpc) is 2.52. The van der Waals surface area contributed by atoms with Crippen LogP contribution < -0.4 is 11.1 Å². The number of amides is 1. The van der Waals surface area contributed by atoms with E-state index in [2.05, 4.69) is 5.32 Å². The van der Waals surface area contributed by atoms with Gasteiger partial charge in [0.05, 0.1) is 12.1 Å². The van der Waals surface area contributed by atoms with Crippen LogP contribution in [0.3, 0.4) is 0 Å². The van der Waals surface area contributed by atoms with Crippen LogP contribution in [0.15, 0.2) is 30.3 Å². The minimum atomic E-state index is -0.626. The van der Waals surface area contributed by atoms with E-state index < -0.39 is 12.1 Å². The van der Waals surface area contributed by atoms with Gasteiger partial charge in [-0.25, -0.2) is 0 Å². The molecule has 2 unspecified atom stereocenters. The summed E-state index contributed by atoms with van der Waals surface area (Å²) in [6.45, 7) is 11.1. The summed E-state index contributed by atoms with van der Waals surface area (Å²) in [5.74, 6) is -0.373. The van der Waals surface area contributed by atoms with Crippen molar-refractivity contribution in [3.05, 3.63) is 35.9 Å². The second-order valence-corrected chi connectivity index (χ2v) is 4.14. The summed E-state index contributed by atoms with van der Waals surface area (Å²) in [4.78, 5) is 22.7. The van der Waals surface area contributed by atoms with Gasteiger partial charge in [-0.3, -0.25) is 9.59 Å². The molecule has 1 rings (SSSR count). The van der Waals surface area contributed by atoms with Gasteiger partial charge >= 0.3 is 0 Å². The highest BCUT2D eigenvalue weighted by molar-refractivity contribution is 5.89. The maximum absolute atomic E-state index is 11.7. The molecule has 0 saturated heterocycles. The highest BCUT2D eigenvalue weighted by Crippen LogP contribution is 2.02. The quantitative estimate of drug-likeness (QED) is 0.877. The van der Waals surface area contributed by atoms with Crippen LogP contribution in [0.1, 0.15) is 47.1 Å². The molecule has 1 aromatic carbocycles. The van der Waals surface area contributed by atoms with Crippen molar-refractivity contribution in [2.45, 2.75) is 60.0 Å². The number of hydrogen-bond donors (Lipinski definition) is 2. The summed E-state index contributed by atoms with van der Waals surface area (Å²) in [7, 11) is 0. The molecule has 0 aliphatic rings. The topological polar surface area (TPSA) is 72.2 Å². The first-order chi connectivity index (χ1) is 10.0. The van der Waals surface area contributed by atoms with Gasteiger partial charge in [0, 0.05) is 0 Å². The largest absolute Gasteiger partial charge is 0.345 e. The number of hydrogen-bond acceptors (Lipinski definition) is 3. The van der Waals surface area contributed by atoms with E-state index in [4.69, 9.17) is 5.73 Å². The zero-order chi connectivity index (χ0) is 16.8. The predicted molar refractivity (Wildman–Crippen MR) is 89.1 cm³/mol. The van der Waals surface area contributed by atoms with E-state index in [1.807, 2.05) is 58.0 Å². The van der Waals surface area contributed by atoms with Crippen LogP contribution in [0, 0.1) is 0 Å². The molecule has 0 aromatic heterocycles. The van der Waals surface area contributed by atoms with E-state index in [1.165, 1.54) is 6.92 Å². The third-order valence-electron chi connectivity index (χ3n) is 2.60. The van der Waals surface area contributed by atoms with Crippen molar-refractivity contribution < 1.29 is 9.59 Å². The van der Waals surface area contributed by atoms with Gasteiger partial charge in [-0.15, -0.1) is 0 Å². The molecule has 0 fully saturated rings. The van der Waals surface area contributed by atoms with Crippen molar-refractivity contribution >= 4 is 11.7 Å². The molecule has 0 bridgehead atoms. The van der Waals surface area contributed by atoms with E-state index in [-0.39, 0.29) is 11.7 Å². The summed E-state index contributed by atoms with van der Waals surface area (Å²) in [6, 6.07) is 8.44. The molecule has 4 nitrogen and oxygen atoms in total. The molecule has 0 spiro atoms. The van der Waals surface area contributed by atoms with Crippen molar-refractivity contribution in [1.82, 2.24) is 5.32 Å². The van der Waals surface area contributed by atoms with Crippen molar-refractivity contribution in [2.24, 2.45) is 5.73 Å². The van der Waals surface area contributed by atoms with Gasteiger partial charge in [0.15, 0.2) is 5.78 Å². The zero-order valence-corrected chi connectivity index (χ0v) is 14.1. The maximum atomic E-state index is 11.7. The average molecular weight is 294 g/mol. The molecule has 0 radical (unpaired) electrons. The number of benzene rings is 1. The van der Waals surface area contributed by atoms with Gasteiger partial charge < -0.3 is 11.1 Å². The first-order valence-corrected chi connectivity index (χ1v) is 7.61. The number of Topliss-reactive ketones (excluding diaryl/α,β-unsaturated/α-hetero) is 1. The standard InChI is InChI=1S/C13H18N2O2.2C2H6/c1-9(10(2)16)15-13(17)12(14)8-11-6-4-3-5-7-11;2*1-2/h3-7,9,12H,8,14H2,1-2H3,(H,15,17);2*1-2H3. The minimum Gasteiger partial charge on any atom is -0.345 e. The maximum Gasteiger partial charge on any atom is 0.237 e. The van der Waals surface area contributed by atoms with Crippen LogP contribution in [-0.2, 0) is 16.0 Å². The first-order valence-electron chi connectivity index (χ1n) is 7.61. The number of carbonyl (C=O) groups is 2. The van der Waals surface area contributed by atoms with E-state index in [9.17, 15) is 9.59 Å². The van der Waals surface area contributed by atoms with Gasteiger partial charge in [-0.2, -0.15) is 0 Å². The third-order valence-corrected chi connectivity index (χ3v) is 2.60. The Balaban J connectivity index is 0. The Morgan fingerprint density at radius 2 is 1.57 bits per heavy atom. The van der Waals surface area contributed by atoms with Crippen LogP contribution >= 0.6 is 0 Å². The summed E-state index contributed by atoms with van der Waals surface area (Å²) < 4.78 is 0. The Morgan fingerprint density at radius 3 is 2.00 bits per heavy atom. The second-order valence-electron chi connectivity index (χ2n) is 4.14. The lowest BCUT2D eigenvalue weighted by Gasteiger charge is -2.15. The normalized spacial score (nSPS) is 11.8. The summed E-state index contributed by atoms with van der Waals surface area (Å²) in [5.41, 5.74) is 6.78. The van der Waals surface area contributed by atoms with Crippen molar-refractivity contribution in [3.8, 4) is 0 Å². The fraction of sp³-hybridized carbons (Fsp3) is 0.529. The van der Waals surface area contributed by atoms with Gasteiger partial charge in [0.25, 0.3) is 0 Å². The van der Waals surface area contributed by atoms with Crippen molar-refractivity contribution in [2.75, 3.05) is 0 Å². The Morgan fingerprint density at radius 1 is 1.10 bits per heavy atom. The van der Waals surface area contributed by atoms with Crippen LogP contribution in [0.4, 0.5) is 0 Å². The highest BCUT2D eigenvalue weighted by Gasteiger charge is 2.17. The number of nitrogens with one attached hydrogen (secondary N) is 1. The Hall–Kier alpha value is -1.68. The summed E-state index contributed by atoms with van der Waals surface area (Å²) >= 11 is 0. The number of nitrogens with two attached hydrogens (primary N) is 1. The fourth-order valence-electron chi connectivity index (χ4n) is 1.38. The Kier molecular flexibility index (Phi) is 13.7. The molecule has 1 amide bonds. The predicted octanol–water partition coefficient (Wildman–Crippen LogP) is 2.70. The number of rotatable bonds is 5. The second kappa shape index (κ2) is 13.3. The molecule has 3 N–H and O–H groups in total. The molecule has 1 aromatic rings.